The Morgan fingerprint density at radius 1 is 1.32 bits per heavy atom. The highest BCUT2D eigenvalue weighted by molar-refractivity contribution is 9.10. The number of aromatic nitrogens is 2. The smallest absolute Gasteiger partial charge is 0.231 e. The number of halogens is 1. The summed E-state index contributed by atoms with van der Waals surface area (Å²) in [6.45, 7) is 3.85. The Bertz CT molecular complexity index is 613. The van der Waals surface area contributed by atoms with E-state index in [1.807, 2.05) is 32.0 Å². The highest BCUT2D eigenvalue weighted by Crippen LogP contribution is 2.17. The summed E-state index contributed by atoms with van der Waals surface area (Å²) in [5.74, 6) is 0.474. The summed E-state index contributed by atoms with van der Waals surface area (Å²) in [4.78, 5) is 20.4. The van der Waals surface area contributed by atoms with Gasteiger partial charge in [-0.1, -0.05) is 6.07 Å². The second kappa shape index (κ2) is 5.93. The molecule has 2 heterocycles. The van der Waals surface area contributed by atoms with E-state index in [1.54, 1.807) is 12.4 Å². The zero-order valence-electron chi connectivity index (χ0n) is 10.8. The molecule has 0 aromatic carbocycles. The van der Waals surface area contributed by atoms with Crippen LogP contribution in [0, 0.1) is 13.8 Å². The van der Waals surface area contributed by atoms with Gasteiger partial charge in [0.1, 0.15) is 5.82 Å². The summed E-state index contributed by atoms with van der Waals surface area (Å²) >= 11 is 3.34. The fraction of sp³-hybridized carbons (Fsp3) is 0.214. The number of hydrogen-bond acceptors (Lipinski definition) is 3. The normalized spacial score (nSPS) is 10.3. The first kappa shape index (κ1) is 13.7. The first-order valence-electron chi connectivity index (χ1n) is 5.89. The van der Waals surface area contributed by atoms with Crippen LogP contribution in [0.2, 0.25) is 0 Å². The molecule has 1 N–H and O–H groups in total. The van der Waals surface area contributed by atoms with Gasteiger partial charge in [-0.25, -0.2) is 4.98 Å². The number of amides is 1. The highest BCUT2D eigenvalue weighted by Gasteiger charge is 2.09. The van der Waals surface area contributed by atoms with Gasteiger partial charge in [0, 0.05) is 16.9 Å². The van der Waals surface area contributed by atoms with Crippen LogP contribution < -0.4 is 5.32 Å². The third-order valence-electron chi connectivity index (χ3n) is 2.75. The van der Waals surface area contributed by atoms with Crippen LogP contribution in [-0.2, 0) is 11.2 Å². The summed E-state index contributed by atoms with van der Waals surface area (Å²) in [7, 11) is 0. The molecule has 1 amide bonds. The third-order valence-corrected chi connectivity index (χ3v) is 3.18. The average molecular weight is 320 g/mol. The topological polar surface area (TPSA) is 54.9 Å². The molecule has 4 nitrogen and oxygen atoms in total. The van der Waals surface area contributed by atoms with E-state index in [4.69, 9.17) is 0 Å². The van der Waals surface area contributed by atoms with E-state index < -0.39 is 0 Å². The van der Waals surface area contributed by atoms with E-state index in [9.17, 15) is 4.79 Å². The quantitative estimate of drug-likeness (QED) is 0.946. The number of nitrogens with zero attached hydrogens (tertiary/aromatic N) is 2. The molecule has 0 bridgehead atoms. The van der Waals surface area contributed by atoms with Crippen molar-refractivity contribution in [1.29, 1.82) is 0 Å². The van der Waals surface area contributed by atoms with E-state index in [1.165, 1.54) is 0 Å². The van der Waals surface area contributed by atoms with Crippen LogP contribution >= 0.6 is 15.9 Å². The Morgan fingerprint density at radius 3 is 2.79 bits per heavy atom. The van der Waals surface area contributed by atoms with E-state index in [2.05, 4.69) is 31.2 Å². The first-order chi connectivity index (χ1) is 9.06. The van der Waals surface area contributed by atoms with Crippen molar-refractivity contribution >= 4 is 27.7 Å². The molecule has 2 rings (SSSR count). The molecule has 19 heavy (non-hydrogen) atoms. The first-order valence-corrected chi connectivity index (χ1v) is 6.68. The van der Waals surface area contributed by atoms with Gasteiger partial charge in [0.25, 0.3) is 0 Å². The van der Waals surface area contributed by atoms with Crippen LogP contribution in [0.4, 0.5) is 5.82 Å². The molecule has 0 saturated heterocycles. The minimum Gasteiger partial charge on any atom is -0.310 e. The molecule has 98 valence electrons. The Morgan fingerprint density at radius 2 is 2.11 bits per heavy atom. The SMILES string of the molecule is Cc1cccnc1CC(=O)Nc1ncc(Br)cc1C. The van der Waals surface area contributed by atoms with Crippen LogP contribution in [-0.4, -0.2) is 15.9 Å². The number of pyridine rings is 2. The summed E-state index contributed by atoms with van der Waals surface area (Å²) in [5, 5.41) is 2.80. The maximum Gasteiger partial charge on any atom is 0.231 e. The predicted octanol–water partition coefficient (Wildman–Crippen LogP) is 3.04. The number of hydrogen-bond donors (Lipinski definition) is 1. The van der Waals surface area contributed by atoms with Crippen LogP contribution in [0.25, 0.3) is 0 Å². The molecule has 2 aromatic heterocycles. The minimum atomic E-state index is -0.111. The van der Waals surface area contributed by atoms with E-state index in [-0.39, 0.29) is 12.3 Å². The van der Waals surface area contributed by atoms with Gasteiger partial charge in [-0.3, -0.25) is 9.78 Å². The van der Waals surface area contributed by atoms with Gasteiger partial charge < -0.3 is 5.32 Å². The Kier molecular flexibility index (Phi) is 4.27. The Labute approximate surface area is 120 Å². The average Bonchev–Trinajstić information content (AvgIpc) is 2.36. The van der Waals surface area contributed by atoms with Gasteiger partial charge in [-0.2, -0.15) is 0 Å². The second-order valence-electron chi connectivity index (χ2n) is 4.31. The maximum atomic E-state index is 12.0. The van der Waals surface area contributed by atoms with Crippen LogP contribution in [0.3, 0.4) is 0 Å². The fourth-order valence-corrected chi connectivity index (χ4v) is 2.15. The van der Waals surface area contributed by atoms with Gasteiger partial charge in [-0.05, 0) is 53.0 Å². The van der Waals surface area contributed by atoms with Crippen molar-refractivity contribution in [3.63, 3.8) is 0 Å². The second-order valence-corrected chi connectivity index (χ2v) is 5.23. The van der Waals surface area contributed by atoms with Gasteiger partial charge in [-0.15, -0.1) is 0 Å². The van der Waals surface area contributed by atoms with E-state index >= 15 is 0 Å². The molecular formula is C14H14BrN3O. The number of carbonyl (C=O) groups is 1. The summed E-state index contributed by atoms with van der Waals surface area (Å²) in [5.41, 5.74) is 2.72. The zero-order chi connectivity index (χ0) is 13.8. The molecule has 5 heteroatoms. The molecule has 0 atom stereocenters. The monoisotopic (exact) mass is 319 g/mol. The summed E-state index contributed by atoms with van der Waals surface area (Å²) in [6.07, 6.45) is 3.61. The molecule has 0 aliphatic rings. The lowest BCUT2D eigenvalue weighted by Crippen LogP contribution is -2.17. The number of aryl methyl sites for hydroxylation is 2. The van der Waals surface area contributed by atoms with Crippen molar-refractivity contribution in [1.82, 2.24) is 9.97 Å². The van der Waals surface area contributed by atoms with Crippen molar-refractivity contribution in [3.05, 3.63) is 51.9 Å². The molecule has 0 aliphatic carbocycles. The number of rotatable bonds is 3. The third kappa shape index (κ3) is 3.61. The van der Waals surface area contributed by atoms with E-state index in [0.717, 1.165) is 21.3 Å². The Hall–Kier alpha value is -1.75. The van der Waals surface area contributed by atoms with Crippen LogP contribution in [0.1, 0.15) is 16.8 Å². The zero-order valence-corrected chi connectivity index (χ0v) is 12.4. The minimum absolute atomic E-state index is 0.111. The highest BCUT2D eigenvalue weighted by atomic mass is 79.9. The van der Waals surface area contributed by atoms with Crippen molar-refractivity contribution in [3.8, 4) is 0 Å². The summed E-state index contributed by atoms with van der Waals surface area (Å²) in [6, 6.07) is 5.71. The molecular weight excluding hydrogens is 306 g/mol. The van der Waals surface area contributed by atoms with Gasteiger partial charge in [0.05, 0.1) is 12.1 Å². The maximum absolute atomic E-state index is 12.0. The number of anilines is 1. The van der Waals surface area contributed by atoms with E-state index in [0.29, 0.717) is 5.82 Å². The molecule has 0 radical (unpaired) electrons. The molecule has 2 aromatic rings. The number of carbonyl (C=O) groups excluding carboxylic acids is 1. The van der Waals surface area contributed by atoms with Crippen molar-refractivity contribution in [2.45, 2.75) is 20.3 Å². The number of nitrogens with one attached hydrogen (secondary N) is 1. The lowest BCUT2D eigenvalue weighted by atomic mass is 10.1. The lowest BCUT2D eigenvalue weighted by molar-refractivity contribution is -0.115. The molecule has 0 spiro atoms. The van der Waals surface area contributed by atoms with Gasteiger partial charge in [0.15, 0.2) is 0 Å². The van der Waals surface area contributed by atoms with Gasteiger partial charge >= 0.3 is 0 Å². The predicted molar refractivity (Wildman–Crippen MR) is 78.0 cm³/mol. The lowest BCUT2D eigenvalue weighted by Gasteiger charge is -2.08. The van der Waals surface area contributed by atoms with Crippen molar-refractivity contribution in [2.75, 3.05) is 5.32 Å². The van der Waals surface area contributed by atoms with Crippen molar-refractivity contribution in [2.24, 2.45) is 0 Å². The summed E-state index contributed by atoms with van der Waals surface area (Å²) < 4.78 is 0.892. The fourth-order valence-electron chi connectivity index (χ4n) is 1.70. The van der Waals surface area contributed by atoms with Gasteiger partial charge in [0.2, 0.25) is 5.91 Å². The van der Waals surface area contributed by atoms with Crippen LogP contribution in [0.15, 0.2) is 35.1 Å². The standard InChI is InChI=1S/C14H14BrN3O/c1-9-4-3-5-16-12(9)7-13(19)18-14-10(2)6-11(15)8-17-14/h3-6,8H,7H2,1-2H3,(H,17,18,19). The largest absolute Gasteiger partial charge is 0.310 e. The molecule has 0 unspecified atom stereocenters. The van der Waals surface area contributed by atoms with Crippen LogP contribution in [0.5, 0.6) is 0 Å². The van der Waals surface area contributed by atoms with Crippen molar-refractivity contribution < 1.29 is 4.79 Å². The molecule has 0 fully saturated rings. The Balaban J connectivity index is 2.08. The molecule has 0 aliphatic heterocycles. The molecule has 0 saturated carbocycles.